The number of para-hydroxylation sites is 4. The third-order valence-electron chi connectivity index (χ3n) is 13.6. The van der Waals surface area contributed by atoms with Gasteiger partial charge in [-0.15, -0.1) is 0 Å². The van der Waals surface area contributed by atoms with Crippen LogP contribution in [-0.2, 0) is 5.41 Å². The molecule has 63 heavy (non-hydrogen) atoms. The van der Waals surface area contributed by atoms with Crippen LogP contribution in [0.1, 0.15) is 22.3 Å². The van der Waals surface area contributed by atoms with Crippen molar-refractivity contribution in [3.63, 3.8) is 0 Å². The molecule has 294 valence electrons. The van der Waals surface area contributed by atoms with Gasteiger partial charge in [0.1, 0.15) is 22.7 Å². The summed E-state index contributed by atoms with van der Waals surface area (Å²) in [5.41, 5.74) is 14.9. The smallest absolute Gasteiger partial charge is 0.135 e. The summed E-state index contributed by atoms with van der Waals surface area (Å²) in [5.74, 6) is 1.73. The monoisotopic (exact) mass is 804 g/mol. The normalized spacial score (nSPS) is 14.9. The summed E-state index contributed by atoms with van der Waals surface area (Å²) in [6.45, 7) is 0. The molecule has 10 aromatic carbocycles. The number of hydrogen-bond acceptors (Lipinski definition) is 3. The van der Waals surface area contributed by atoms with Gasteiger partial charge in [-0.1, -0.05) is 140 Å². The van der Waals surface area contributed by atoms with Crippen molar-refractivity contribution in [3.05, 3.63) is 241 Å². The SMILES string of the molecule is c1ccc(N(c2ccc3c(c2)C2(c4ccccc4O3)c3ccccc3-c3cccc4cccc2c34)c2ccc3c4ccccc4n(-c4ccc5oc6ccccc6c5c4)c3c2)cc1. The number of rotatable bonds is 4. The summed E-state index contributed by atoms with van der Waals surface area (Å²) in [5, 5.41) is 7.13. The second-order valence-electron chi connectivity index (χ2n) is 16.8. The van der Waals surface area contributed by atoms with E-state index in [2.05, 4.69) is 216 Å². The first-order chi connectivity index (χ1) is 31.2. The summed E-state index contributed by atoms with van der Waals surface area (Å²) < 4.78 is 15.6. The van der Waals surface area contributed by atoms with Crippen LogP contribution in [0.15, 0.2) is 223 Å². The number of aromatic nitrogens is 1. The van der Waals surface area contributed by atoms with Crippen LogP contribution < -0.4 is 9.64 Å². The van der Waals surface area contributed by atoms with E-state index >= 15 is 0 Å². The fourth-order valence-corrected chi connectivity index (χ4v) is 11.1. The molecule has 12 aromatic rings. The van der Waals surface area contributed by atoms with Crippen molar-refractivity contribution < 1.29 is 9.15 Å². The molecule has 1 aliphatic carbocycles. The van der Waals surface area contributed by atoms with E-state index in [9.17, 15) is 0 Å². The van der Waals surface area contributed by atoms with Crippen molar-refractivity contribution in [2.45, 2.75) is 5.41 Å². The fourth-order valence-electron chi connectivity index (χ4n) is 11.1. The highest BCUT2D eigenvalue weighted by atomic mass is 16.5. The molecule has 0 amide bonds. The average molecular weight is 805 g/mol. The summed E-state index contributed by atoms with van der Waals surface area (Å²) in [6, 6.07) is 79.1. The van der Waals surface area contributed by atoms with Gasteiger partial charge in [0.05, 0.1) is 16.4 Å². The summed E-state index contributed by atoms with van der Waals surface area (Å²) in [6.07, 6.45) is 0. The first kappa shape index (κ1) is 34.4. The molecule has 14 rings (SSSR count). The second kappa shape index (κ2) is 12.8. The molecule has 1 aliphatic heterocycles. The Kier molecular flexibility index (Phi) is 7.01. The van der Waals surface area contributed by atoms with Crippen molar-refractivity contribution in [2.24, 2.45) is 0 Å². The van der Waals surface area contributed by atoms with Crippen molar-refractivity contribution in [3.8, 4) is 28.3 Å². The number of benzene rings is 10. The maximum absolute atomic E-state index is 6.93. The van der Waals surface area contributed by atoms with Crippen LogP contribution in [0.3, 0.4) is 0 Å². The highest BCUT2D eigenvalue weighted by molar-refractivity contribution is 6.12. The van der Waals surface area contributed by atoms with Gasteiger partial charge in [0.25, 0.3) is 0 Å². The van der Waals surface area contributed by atoms with Gasteiger partial charge in [0, 0.05) is 55.4 Å². The molecule has 0 saturated carbocycles. The maximum atomic E-state index is 6.93. The molecule has 2 aliphatic rings. The van der Waals surface area contributed by atoms with Gasteiger partial charge in [-0.3, -0.25) is 0 Å². The first-order valence-electron chi connectivity index (χ1n) is 21.6. The summed E-state index contributed by atoms with van der Waals surface area (Å²) in [7, 11) is 0. The summed E-state index contributed by atoms with van der Waals surface area (Å²) in [4.78, 5) is 2.39. The Balaban J connectivity index is 1.03. The molecular weight excluding hydrogens is 769 g/mol. The number of fused-ring (bicyclic) bond motifs is 14. The number of nitrogens with zero attached hydrogens (tertiary/aromatic N) is 2. The number of furan rings is 1. The van der Waals surface area contributed by atoms with Crippen LogP contribution >= 0.6 is 0 Å². The highest BCUT2D eigenvalue weighted by Crippen LogP contribution is 2.61. The van der Waals surface area contributed by atoms with E-state index in [0.717, 1.165) is 78.3 Å². The quantitative estimate of drug-likeness (QED) is 0.178. The van der Waals surface area contributed by atoms with Crippen LogP contribution in [-0.4, -0.2) is 4.57 Å². The molecule has 0 fully saturated rings. The van der Waals surface area contributed by atoms with Gasteiger partial charge < -0.3 is 18.6 Å². The second-order valence-corrected chi connectivity index (χ2v) is 16.8. The predicted octanol–water partition coefficient (Wildman–Crippen LogP) is 15.8. The molecule has 0 saturated heterocycles. The molecule has 4 heteroatoms. The van der Waals surface area contributed by atoms with Crippen molar-refractivity contribution in [2.75, 3.05) is 4.90 Å². The van der Waals surface area contributed by atoms with E-state index in [1.54, 1.807) is 0 Å². The fraction of sp³-hybridized carbons (Fsp3) is 0.0169. The lowest BCUT2D eigenvalue weighted by Gasteiger charge is -2.45. The van der Waals surface area contributed by atoms with E-state index in [-0.39, 0.29) is 0 Å². The topological polar surface area (TPSA) is 30.5 Å². The van der Waals surface area contributed by atoms with E-state index in [0.29, 0.717) is 0 Å². The van der Waals surface area contributed by atoms with Gasteiger partial charge in [0.15, 0.2) is 0 Å². The molecule has 0 radical (unpaired) electrons. The van der Waals surface area contributed by atoms with Crippen LogP contribution in [0, 0.1) is 0 Å². The van der Waals surface area contributed by atoms with E-state index in [1.165, 1.54) is 43.8 Å². The minimum atomic E-state index is -0.653. The molecule has 0 bridgehead atoms. The van der Waals surface area contributed by atoms with Crippen molar-refractivity contribution >= 4 is 71.6 Å². The van der Waals surface area contributed by atoms with E-state index in [1.807, 2.05) is 12.1 Å². The summed E-state index contributed by atoms with van der Waals surface area (Å²) >= 11 is 0. The molecule has 2 aromatic heterocycles. The minimum Gasteiger partial charge on any atom is -0.457 e. The van der Waals surface area contributed by atoms with Crippen LogP contribution in [0.5, 0.6) is 11.5 Å². The van der Waals surface area contributed by atoms with Crippen molar-refractivity contribution in [1.82, 2.24) is 4.57 Å². The lowest BCUT2D eigenvalue weighted by Crippen LogP contribution is -2.36. The molecule has 0 N–H and O–H groups in total. The van der Waals surface area contributed by atoms with Gasteiger partial charge >= 0.3 is 0 Å². The van der Waals surface area contributed by atoms with E-state index in [4.69, 9.17) is 9.15 Å². The lowest BCUT2D eigenvalue weighted by molar-refractivity contribution is 0.435. The maximum Gasteiger partial charge on any atom is 0.135 e. The van der Waals surface area contributed by atoms with Crippen molar-refractivity contribution in [1.29, 1.82) is 0 Å². The Morgan fingerprint density at radius 3 is 1.97 bits per heavy atom. The molecular formula is C59H36N2O2. The molecule has 4 nitrogen and oxygen atoms in total. The standard InChI is InChI=1S/C59H36N2O2/c1-2-16-38(17-3-1)60(41-28-31-44-43-19-5-9-25-52(43)61(53(44)36-41)39-29-32-55-47(34-39)45-20-6-10-26-54(45)62-55)40-30-33-57-51(35-40)59(49-23-8-11-27-56(49)63-57)48-22-7-4-18-42(48)46-21-12-14-37-15-13-24-50(59)58(37)46/h1-36H. The van der Waals surface area contributed by atoms with Gasteiger partial charge in [-0.25, -0.2) is 0 Å². The van der Waals surface area contributed by atoms with Crippen LogP contribution in [0.2, 0.25) is 0 Å². The third-order valence-corrected chi connectivity index (χ3v) is 13.6. The highest BCUT2D eigenvalue weighted by Gasteiger charge is 2.49. The molecule has 3 heterocycles. The zero-order valence-corrected chi connectivity index (χ0v) is 34.0. The average Bonchev–Trinajstić information content (AvgIpc) is 3.88. The van der Waals surface area contributed by atoms with E-state index < -0.39 is 5.41 Å². The zero-order valence-electron chi connectivity index (χ0n) is 34.0. The van der Waals surface area contributed by atoms with Gasteiger partial charge in [-0.2, -0.15) is 0 Å². The van der Waals surface area contributed by atoms with Gasteiger partial charge in [-0.05, 0) is 112 Å². The molecule has 1 atom stereocenters. The number of anilines is 3. The number of hydrogen-bond donors (Lipinski definition) is 0. The molecule has 1 unspecified atom stereocenters. The zero-order chi connectivity index (χ0) is 41.2. The van der Waals surface area contributed by atoms with Gasteiger partial charge in [0.2, 0.25) is 0 Å². The first-order valence-corrected chi connectivity index (χ1v) is 21.6. The Hall–Kier alpha value is -8.34. The minimum absolute atomic E-state index is 0.653. The Morgan fingerprint density at radius 2 is 1.05 bits per heavy atom. The predicted molar refractivity (Wildman–Crippen MR) is 258 cm³/mol. The van der Waals surface area contributed by atoms with Crippen LogP contribution in [0.4, 0.5) is 17.1 Å². The van der Waals surface area contributed by atoms with Crippen LogP contribution in [0.25, 0.3) is 71.3 Å². The Labute approximate surface area is 363 Å². The largest absolute Gasteiger partial charge is 0.457 e. The Bertz CT molecular complexity index is 3850. The Morgan fingerprint density at radius 1 is 0.381 bits per heavy atom. The lowest BCUT2D eigenvalue weighted by atomic mass is 9.58. The third kappa shape index (κ3) is 4.69. The number of ether oxygens (including phenoxy) is 1. The molecule has 1 spiro atoms.